The molecule has 23 heavy (non-hydrogen) atoms. The smallest absolute Gasteiger partial charge is 0.258 e. The summed E-state index contributed by atoms with van der Waals surface area (Å²) in [6.07, 6.45) is 5.63. The number of amides is 2. The summed E-state index contributed by atoms with van der Waals surface area (Å²) in [6, 6.07) is 15.9. The number of rotatable bonds is 4. The van der Waals surface area contributed by atoms with E-state index in [9.17, 15) is 14.4 Å². The van der Waals surface area contributed by atoms with Crippen LogP contribution in [-0.2, 0) is 9.59 Å². The number of hydrogen-bond donors (Lipinski definition) is 0. The van der Waals surface area contributed by atoms with Gasteiger partial charge in [0.2, 0.25) is 0 Å². The van der Waals surface area contributed by atoms with E-state index in [0.29, 0.717) is 11.3 Å². The lowest BCUT2D eigenvalue weighted by molar-refractivity contribution is -0.119. The van der Waals surface area contributed by atoms with Crippen molar-refractivity contribution in [2.45, 2.75) is 0 Å². The Morgan fingerprint density at radius 3 is 2.26 bits per heavy atom. The van der Waals surface area contributed by atoms with Crippen molar-refractivity contribution < 1.29 is 14.4 Å². The molecule has 0 bridgehead atoms. The van der Waals surface area contributed by atoms with Gasteiger partial charge in [-0.1, -0.05) is 48.5 Å². The molecule has 112 valence electrons. The third-order valence-corrected chi connectivity index (χ3v) is 3.42. The normalized spacial score (nSPS) is 14.0. The Hall–Kier alpha value is -3.27. The Morgan fingerprint density at radius 1 is 0.870 bits per heavy atom. The minimum absolute atomic E-state index is 0.192. The molecular formula is C19H13NO3. The molecule has 0 atom stereocenters. The number of carbonyl (C=O) groups is 3. The van der Waals surface area contributed by atoms with Crippen LogP contribution in [0.25, 0.3) is 6.08 Å². The Bertz CT molecular complexity index is 817. The number of benzene rings is 2. The molecule has 0 aromatic heterocycles. The fourth-order valence-corrected chi connectivity index (χ4v) is 2.29. The molecule has 0 spiro atoms. The molecule has 0 unspecified atom stereocenters. The van der Waals surface area contributed by atoms with Crippen LogP contribution < -0.4 is 4.90 Å². The van der Waals surface area contributed by atoms with E-state index in [0.717, 1.165) is 10.5 Å². The van der Waals surface area contributed by atoms with Gasteiger partial charge in [-0.15, -0.1) is 0 Å². The van der Waals surface area contributed by atoms with Gasteiger partial charge in [-0.05, 0) is 23.8 Å². The van der Waals surface area contributed by atoms with Crippen LogP contribution in [0.3, 0.4) is 0 Å². The Kier molecular flexibility index (Phi) is 3.97. The molecule has 0 fully saturated rings. The standard InChI is InChI=1S/C19H13NO3/c21-17(10-9-14-5-2-1-3-6-14)15-7-4-8-16(13-15)20-18(22)11-12-19(20)23/h1-13H. The number of nitrogens with zero attached hydrogens (tertiary/aromatic N) is 1. The average Bonchev–Trinajstić information content (AvgIpc) is 2.92. The van der Waals surface area contributed by atoms with E-state index in [1.807, 2.05) is 30.3 Å². The van der Waals surface area contributed by atoms with Crippen molar-refractivity contribution >= 4 is 29.4 Å². The van der Waals surface area contributed by atoms with Gasteiger partial charge in [0.1, 0.15) is 0 Å². The minimum Gasteiger partial charge on any atom is -0.289 e. The first-order valence-corrected chi connectivity index (χ1v) is 7.09. The molecule has 2 aromatic carbocycles. The van der Waals surface area contributed by atoms with Crippen LogP contribution >= 0.6 is 0 Å². The molecule has 1 heterocycles. The maximum atomic E-state index is 12.3. The van der Waals surface area contributed by atoms with E-state index in [-0.39, 0.29) is 5.78 Å². The summed E-state index contributed by atoms with van der Waals surface area (Å²) >= 11 is 0. The third-order valence-electron chi connectivity index (χ3n) is 3.42. The molecule has 3 rings (SSSR count). The zero-order valence-corrected chi connectivity index (χ0v) is 12.2. The predicted molar refractivity (Wildman–Crippen MR) is 87.9 cm³/mol. The highest BCUT2D eigenvalue weighted by Crippen LogP contribution is 2.20. The summed E-state index contributed by atoms with van der Waals surface area (Å²) in [4.78, 5) is 36.7. The van der Waals surface area contributed by atoms with Gasteiger partial charge in [-0.25, -0.2) is 4.90 Å². The van der Waals surface area contributed by atoms with E-state index in [1.54, 1.807) is 30.3 Å². The first-order valence-electron chi connectivity index (χ1n) is 7.09. The summed E-state index contributed by atoms with van der Waals surface area (Å²) in [5.41, 5.74) is 1.73. The topological polar surface area (TPSA) is 54.5 Å². The monoisotopic (exact) mass is 303 g/mol. The lowest BCUT2D eigenvalue weighted by atomic mass is 10.1. The molecule has 2 amide bonds. The molecule has 2 aromatic rings. The van der Waals surface area contributed by atoms with Crippen LogP contribution in [0, 0.1) is 0 Å². The molecule has 0 radical (unpaired) electrons. The van der Waals surface area contributed by atoms with Crippen LogP contribution in [0.4, 0.5) is 5.69 Å². The molecular weight excluding hydrogens is 290 g/mol. The summed E-state index contributed by atoms with van der Waals surface area (Å²) < 4.78 is 0. The first-order chi connectivity index (χ1) is 11.1. The molecule has 4 heteroatoms. The summed E-state index contributed by atoms with van der Waals surface area (Å²) in [6.45, 7) is 0. The van der Waals surface area contributed by atoms with E-state index in [4.69, 9.17) is 0 Å². The Labute approximate surface area is 133 Å². The quantitative estimate of drug-likeness (QED) is 0.495. The van der Waals surface area contributed by atoms with Crippen LogP contribution in [0.1, 0.15) is 15.9 Å². The molecule has 0 saturated carbocycles. The van der Waals surface area contributed by atoms with E-state index in [2.05, 4.69) is 0 Å². The van der Waals surface area contributed by atoms with Gasteiger partial charge in [0.25, 0.3) is 11.8 Å². The maximum Gasteiger partial charge on any atom is 0.258 e. The van der Waals surface area contributed by atoms with Crippen molar-refractivity contribution in [3.05, 3.63) is 84.0 Å². The van der Waals surface area contributed by atoms with Gasteiger partial charge in [0, 0.05) is 17.7 Å². The maximum absolute atomic E-state index is 12.3. The van der Waals surface area contributed by atoms with Gasteiger partial charge in [0.05, 0.1) is 5.69 Å². The second kappa shape index (κ2) is 6.23. The van der Waals surface area contributed by atoms with E-state index in [1.165, 1.54) is 18.2 Å². The van der Waals surface area contributed by atoms with Crippen molar-refractivity contribution in [2.75, 3.05) is 4.90 Å². The Balaban J connectivity index is 1.82. The SMILES string of the molecule is O=C(C=Cc1ccccc1)c1cccc(N2C(=O)C=CC2=O)c1. The van der Waals surface area contributed by atoms with Gasteiger partial charge < -0.3 is 0 Å². The number of hydrogen-bond acceptors (Lipinski definition) is 3. The fourth-order valence-electron chi connectivity index (χ4n) is 2.29. The minimum atomic E-state index is -0.403. The van der Waals surface area contributed by atoms with Crippen molar-refractivity contribution in [1.82, 2.24) is 0 Å². The molecule has 1 aliphatic heterocycles. The second-order valence-corrected chi connectivity index (χ2v) is 5.00. The molecule has 1 aliphatic rings. The highest BCUT2D eigenvalue weighted by Gasteiger charge is 2.25. The average molecular weight is 303 g/mol. The summed E-state index contributed by atoms with van der Waals surface area (Å²) in [5, 5.41) is 0. The number of allylic oxidation sites excluding steroid dienone is 1. The highest BCUT2D eigenvalue weighted by atomic mass is 16.2. The van der Waals surface area contributed by atoms with Crippen LogP contribution in [0.2, 0.25) is 0 Å². The van der Waals surface area contributed by atoms with E-state index >= 15 is 0 Å². The van der Waals surface area contributed by atoms with Gasteiger partial charge >= 0.3 is 0 Å². The zero-order valence-electron chi connectivity index (χ0n) is 12.2. The number of ketones is 1. The van der Waals surface area contributed by atoms with Gasteiger partial charge in [-0.2, -0.15) is 0 Å². The molecule has 4 nitrogen and oxygen atoms in total. The summed E-state index contributed by atoms with van der Waals surface area (Å²) in [7, 11) is 0. The zero-order chi connectivity index (χ0) is 16.2. The van der Waals surface area contributed by atoms with Gasteiger partial charge in [0.15, 0.2) is 5.78 Å². The highest BCUT2D eigenvalue weighted by molar-refractivity contribution is 6.28. The number of imide groups is 1. The molecule has 0 saturated heterocycles. The van der Waals surface area contributed by atoms with E-state index < -0.39 is 11.8 Å². The van der Waals surface area contributed by atoms with Crippen molar-refractivity contribution in [3.63, 3.8) is 0 Å². The van der Waals surface area contributed by atoms with Crippen molar-refractivity contribution in [2.24, 2.45) is 0 Å². The number of anilines is 1. The van der Waals surface area contributed by atoms with Crippen molar-refractivity contribution in [1.29, 1.82) is 0 Å². The van der Waals surface area contributed by atoms with Crippen LogP contribution in [-0.4, -0.2) is 17.6 Å². The molecule has 0 N–H and O–H groups in total. The lowest BCUT2D eigenvalue weighted by Gasteiger charge is -2.14. The largest absolute Gasteiger partial charge is 0.289 e. The predicted octanol–water partition coefficient (Wildman–Crippen LogP) is 3.01. The van der Waals surface area contributed by atoms with Crippen LogP contribution in [0.15, 0.2) is 72.8 Å². The van der Waals surface area contributed by atoms with Crippen LogP contribution in [0.5, 0.6) is 0 Å². The summed E-state index contributed by atoms with van der Waals surface area (Å²) in [5.74, 6) is -0.999. The van der Waals surface area contributed by atoms with Crippen molar-refractivity contribution in [3.8, 4) is 0 Å². The Morgan fingerprint density at radius 2 is 1.57 bits per heavy atom. The number of carbonyl (C=O) groups excluding carboxylic acids is 3. The first kappa shape index (κ1) is 14.7. The molecule has 0 aliphatic carbocycles. The third kappa shape index (κ3) is 3.16. The second-order valence-electron chi connectivity index (χ2n) is 5.00. The lowest BCUT2D eigenvalue weighted by Crippen LogP contribution is -2.29. The fraction of sp³-hybridized carbons (Fsp3) is 0. The van der Waals surface area contributed by atoms with Gasteiger partial charge in [-0.3, -0.25) is 14.4 Å².